The van der Waals surface area contributed by atoms with Gasteiger partial charge in [-0.1, -0.05) is 32.3 Å². The van der Waals surface area contributed by atoms with Gasteiger partial charge in [0.15, 0.2) is 6.73 Å². The number of nitrogens with zero attached hydrogens (tertiary/aromatic N) is 2. The zero-order valence-electron chi connectivity index (χ0n) is 14.8. The second kappa shape index (κ2) is 9.11. The molecule has 0 aliphatic heterocycles. The quantitative estimate of drug-likeness (QED) is 0.711. The highest BCUT2D eigenvalue weighted by Gasteiger charge is 2.09. The Hall–Kier alpha value is -2.30. The molecule has 0 unspecified atom stereocenters. The molecule has 1 N–H and O–H groups in total. The van der Waals surface area contributed by atoms with Crippen LogP contribution in [0.4, 0.5) is 0 Å². The Labute approximate surface area is 144 Å². The average molecular weight is 329 g/mol. The van der Waals surface area contributed by atoms with Crippen molar-refractivity contribution in [3.8, 4) is 5.75 Å². The highest BCUT2D eigenvalue weighted by molar-refractivity contribution is 5.92. The number of carbonyl (C=O) groups is 1. The number of hydrogen-bond acceptors (Lipinski definition) is 3. The molecule has 0 saturated heterocycles. The van der Waals surface area contributed by atoms with Gasteiger partial charge in [-0.05, 0) is 49.6 Å². The summed E-state index contributed by atoms with van der Waals surface area (Å²) in [5.41, 5.74) is 2.75. The average Bonchev–Trinajstić information content (AvgIpc) is 3.01. The highest BCUT2D eigenvalue weighted by atomic mass is 16.5. The van der Waals surface area contributed by atoms with Crippen LogP contribution in [0.15, 0.2) is 30.5 Å². The molecule has 0 radical (unpaired) electrons. The predicted octanol–water partition coefficient (Wildman–Crippen LogP) is 3.85. The predicted molar refractivity (Wildman–Crippen MR) is 95.2 cm³/mol. The fraction of sp³-hybridized carbons (Fsp3) is 0.474. The molecule has 2 rings (SSSR count). The molecule has 1 aromatic heterocycles. The second-order valence-corrected chi connectivity index (χ2v) is 6.15. The Kier molecular flexibility index (Phi) is 6.85. The highest BCUT2D eigenvalue weighted by Crippen LogP contribution is 2.16. The molecule has 1 heterocycles. The fourth-order valence-electron chi connectivity index (χ4n) is 2.56. The summed E-state index contributed by atoms with van der Waals surface area (Å²) in [4.78, 5) is 12.0. The van der Waals surface area contributed by atoms with Crippen LogP contribution in [0.5, 0.6) is 5.75 Å². The summed E-state index contributed by atoms with van der Waals surface area (Å²) in [6, 6.07) is 7.79. The third kappa shape index (κ3) is 5.72. The number of carbonyl (C=O) groups excluding carboxylic acids is 1. The first-order chi connectivity index (χ1) is 11.6. The number of unbranched alkanes of at least 4 members (excludes halogenated alkanes) is 3. The van der Waals surface area contributed by atoms with Gasteiger partial charge in [-0.3, -0.25) is 4.79 Å². The van der Waals surface area contributed by atoms with E-state index in [0.717, 1.165) is 29.7 Å². The van der Waals surface area contributed by atoms with Crippen LogP contribution < -0.4 is 10.1 Å². The first-order valence-electron chi connectivity index (χ1n) is 8.61. The van der Waals surface area contributed by atoms with Crippen molar-refractivity contribution >= 4 is 5.91 Å². The van der Waals surface area contributed by atoms with E-state index in [1.165, 1.54) is 12.8 Å². The fourth-order valence-corrected chi connectivity index (χ4v) is 2.56. The molecule has 0 fully saturated rings. The number of aromatic nitrogens is 2. The number of aryl methyl sites for hydroxylation is 2. The molecule has 5 heteroatoms. The number of hydrogen-bond donors (Lipinski definition) is 1. The minimum absolute atomic E-state index is 0.128. The molecule has 0 saturated carbocycles. The van der Waals surface area contributed by atoms with Crippen molar-refractivity contribution in [2.45, 2.75) is 53.2 Å². The van der Waals surface area contributed by atoms with E-state index in [0.29, 0.717) is 12.2 Å². The third-order valence-electron chi connectivity index (χ3n) is 3.75. The maximum Gasteiger partial charge on any atom is 0.271 e. The number of benzene rings is 1. The topological polar surface area (TPSA) is 56.2 Å². The minimum atomic E-state index is -0.128. The van der Waals surface area contributed by atoms with Crippen molar-refractivity contribution < 1.29 is 9.53 Å². The number of amides is 1. The standard InChI is InChI=1S/C19H27N3O2/c1-4-5-6-7-9-20-19(23)18-8-10-22(21-18)14-24-17-12-15(2)11-16(3)13-17/h8,10-13H,4-7,9,14H2,1-3H3,(H,20,23). The van der Waals surface area contributed by atoms with E-state index < -0.39 is 0 Å². The summed E-state index contributed by atoms with van der Waals surface area (Å²) >= 11 is 0. The van der Waals surface area contributed by atoms with Gasteiger partial charge in [-0.2, -0.15) is 5.10 Å². The van der Waals surface area contributed by atoms with Gasteiger partial charge in [0.25, 0.3) is 5.91 Å². The largest absolute Gasteiger partial charge is 0.471 e. The smallest absolute Gasteiger partial charge is 0.271 e. The lowest BCUT2D eigenvalue weighted by molar-refractivity contribution is 0.0946. The lowest BCUT2D eigenvalue weighted by Gasteiger charge is -2.08. The van der Waals surface area contributed by atoms with Crippen molar-refractivity contribution in [1.29, 1.82) is 0 Å². The molecular weight excluding hydrogens is 302 g/mol. The van der Waals surface area contributed by atoms with Gasteiger partial charge in [0.1, 0.15) is 11.4 Å². The van der Waals surface area contributed by atoms with Crippen LogP contribution in [0.1, 0.15) is 54.2 Å². The molecule has 0 aliphatic rings. The lowest BCUT2D eigenvalue weighted by atomic mass is 10.1. The Bertz CT molecular complexity index is 644. The van der Waals surface area contributed by atoms with E-state index in [4.69, 9.17) is 4.74 Å². The molecule has 5 nitrogen and oxygen atoms in total. The zero-order chi connectivity index (χ0) is 17.4. The van der Waals surface area contributed by atoms with E-state index in [-0.39, 0.29) is 12.6 Å². The van der Waals surface area contributed by atoms with Gasteiger partial charge in [0.05, 0.1) is 0 Å². The van der Waals surface area contributed by atoms with Crippen molar-refractivity contribution in [3.05, 3.63) is 47.3 Å². The Morgan fingerprint density at radius 2 is 1.92 bits per heavy atom. The van der Waals surface area contributed by atoms with Crippen LogP contribution in [-0.4, -0.2) is 22.2 Å². The van der Waals surface area contributed by atoms with Crippen LogP contribution in [0.3, 0.4) is 0 Å². The van der Waals surface area contributed by atoms with E-state index in [9.17, 15) is 4.79 Å². The molecule has 1 amide bonds. The third-order valence-corrected chi connectivity index (χ3v) is 3.75. The maximum atomic E-state index is 12.0. The van der Waals surface area contributed by atoms with Crippen LogP contribution in [0.25, 0.3) is 0 Å². The molecule has 0 atom stereocenters. The normalized spacial score (nSPS) is 10.6. The van der Waals surface area contributed by atoms with Gasteiger partial charge >= 0.3 is 0 Å². The van der Waals surface area contributed by atoms with Crippen molar-refractivity contribution in [2.75, 3.05) is 6.54 Å². The van der Waals surface area contributed by atoms with E-state index in [1.807, 2.05) is 26.0 Å². The van der Waals surface area contributed by atoms with E-state index >= 15 is 0 Å². The van der Waals surface area contributed by atoms with Gasteiger partial charge in [0.2, 0.25) is 0 Å². The summed E-state index contributed by atoms with van der Waals surface area (Å²) in [7, 11) is 0. The SMILES string of the molecule is CCCCCCNC(=O)c1ccn(COc2cc(C)cc(C)c2)n1. The molecule has 0 bridgehead atoms. The molecule has 130 valence electrons. The Morgan fingerprint density at radius 1 is 1.17 bits per heavy atom. The maximum absolute atomic E-state index is 12.0. The van der Waals surface area contributed by atoms with Crippen molar-refractivity contribution in [1.82, 2.24) is 15.1 Å². The lowest BCUT2D eigenvalue weighted by Crippen LogP contribution is -2.25. The summed E-state index contributed by atoms with van der Waals surface area (Å²) in [6.45, 7) is 7.23. The number of ether oxygens (including phenoxy) is 1. The molecular formula is C19H27N3O2. The molecule has 2 aromatic rings. The number of nitrogens with one attached hydrogen (secondary N) is 1. The van der Waals surface area contributed by atoms with Gasteiger partial charge < -0.3 is 10.1 Å². The van der Waals surface area contributed by atoms with Crippen LogP contribution in [-0.2, 0) is 6.73 Å². The van der Waals surface area contributed by atoms with Crippen LogP contribution >= 0.6 is 0 Å². The number of rotatable bonds is 9. The van der Waals surface area contributed by atoms with Crippen LogP contribution in [0.2, 0.25) is 0 Å². The molecule has 0 spiro atoms. The Morgan fingerprint density at radius 3 is 2.62 bits per heavy atom. The summed E-state index contributed by atoms with van der Waals surface area (Å²) < 4.78 is 7.37. The zero-order valence-corrected chi connectivity index (χ0v) is 14.8. The second-order valence-electron chi connectivity index (χ2n) is 6.15. The first-order valence-corrected chi connectivity index (χ1v) is 8.61. The van der Waals surface area contributed by atoms with Gasteiger partial charge in [-0.15, -0.1) is 0 Å². The van der Waals surface area contributed by atoms with Crippen LogP contribution in [0, 0.1) is 13.8 Å². The molecule has 24 heavy (non-hydrogen) atoms. The van der Waals surface area contributed by atoms with Crippen molar-refractivity contribution in [3.63, 3.8) is 0 Å². The summed E-state index contributed by atoms with van der Waals surface area (Å²) in [5, 5.41) is 7.17. The minimum Gasteiger partial charge on any atom is -0.471 e. The van der Waals surface area contributed by atoms with E-state index in [2.05, 4.69) is 23.4 Å². The first kappa shape index (κ1) is 18.0. The van der Waals surface area contributed by atoms with Gasteiger partial charge in [0, 0.05) is 12.7 Å². The molecule has 0 aliphatic carbocycles. The summed E-state index contributed by atoms with van der Waals surface area (Å²) in [5.74, 6) is 0.682. The van der Waals surface area contributed by atoms with E-state index in [1.54, 1.807) is 16.9 Å². The molecule has 1 aromatic carbocycles. The Balaban J connectivity index is 1.80. The monoisotopic (exact) mass is 329 g/mol. The van der Waals surface area contributed by atoms with Gasteiger partial charge in [-0.25, -0.2) is 4.68 Å². The summed E-state index contributed by atoms with van der Waals surface area (Å²) in [6.07, 6.45) is 6.32. The van der Waals surface area contributed by atoms with Crippen molar-refractivity contribution in [2.24, 2.45) is 0 Å².